The number of nitrogens with zero attached hydrogens (tertiary/aromatic N) is 1. The molecule has 0 aromatic carbocycles. The van der Waals surface area contributed by atoms with Crippen molar-refractivity contribution in [1.29, 1.82) is 0 Å². The highest BCUT2D eigenvalue weighted by atomic mass is 32.2. The number of hydrogen-bond acceptors (Lipinski definition) is 4. The molecule has 2 rings (SSSR count). The Balaban J connectivity index is 2.19. The van der Waals surface area contributed by atoms with Gasteiger partial charge in [-0.15, -0.1) is 0 Å². The first-order valence-electron chi connectivity index (χ1n) is 6.34. The molecule has 2 aliphatic rings. The van der Waals surface area contributed by atoms with Gasteiger partial charge in [-0.05, 0) is 18.8 Å². The predicted octanol–water partition coefficient (Wildman–Crippen LogP) is -0.481. The first-order valence-corrected chi connectivity index (χ1v) is 7.95. The Morgan fingerprint density at radius 2 is 1.95 bits per heavy atom. The summed E-state index contributed by atoms with van der Waals surface area (Å²) in [5, 5.41) is 13.4. The van der Waals surface area contributed by atoms with Crippen molar-refractivity contribution in [2.45, 2.75) is 43.4 Å². The number of sulfonamides is 1. The van der Waals surface area contributed by atoms with E-state index in [1.54, 1.807) is 0 Å². The van der Waals surface area contributed by atoms with E-state index in [9.17, 15) is 23.1 Å². The average molecular weight is 290 g/mol. The lowest BCUT2D eigenvalue weighted by Crippen LogP contribution is -2.47. The standard InChI is InChI=1S/C11H18N2O5S/c12-19(17,18)8-5-9(14)13(6-8)10(11(15)16)7-3-1-2-4-7/h7-8,10H,1-6H2,(H,15,16)(H2,12,17,18). The molecule has 2 atom stereocenters. The van der Waals surface area contributed by atoms with Crippen LogP contribution in [-0.4, -0.2) is 48.1 Å². The molecule has 19 heavy (non-hydrogen) atoms. The molecule has 7 nitrogen and oxygen atoms in total. The minimum atomic E-state index is -3.81. The molecule has 8 heteroatoms. The van der Waals surface area contributed by atoms with Gasteiger partial charge in [0.15, 0.2) is 0 Å². The Morgan fingerprint density at radius 3 is 2.37 bits per heavy atom. The van der Waals surface area contributed by atoms with Gasteiger partial charge in [-0.25, -0.2) is 18.4 Å². The third-order valence-electron chi connectivity index (χ3n) is 4.02. The molecule has 0 aromatic heterocycles. The summed E-state index contributed by atoms with van der Waals surface area (Å²) in [7, 11) is -3.81. The van der Waals surface area contributed by atoms with Crippen molar-refractivity contribution in [2.24, 2.45) is 11.1 Å². The lowest BCUT2D eigenvalue weighted by molar-refractivity contribution is -0.150. The van der Waals surface area contributed by atoms with Crippen molar-refractivity contribution in [2.75, 3.05) is 6.54 Å². The molecule has 1 aliphatic heterocycles. The Kier molecular flexibility index (Phi) is 3.82. The van der Waals surface area contributed by atoms with Crippen molar-refractivity contribution in [1.82, 2.24) is 4.90 Å². The van der Waals surface area contributed by atoms with Crippen LogP contribution in [0, 0.1) is 5.92 Å². The molecule has 1 amide bonds. The molecule has 0 spiro atoms. The number of carbonyl (C=O) groups excluding carboxylic acids is 1. The van der Waals surface area contributed by atoms with E-state index in [2.05, 4.69) is 0 Å². The van der Waals surface area contributed by atoms with Crippen LogP contribution < -0.4 is 5.14 Å². The van der Waals surface area contributed by atoms with E-state index >= 15 is 0 Å². The fourth-order valence-electron chi connectivity index (χ4n) is 3.05. The minimum absolute atomic E-state index is 0.0827. The Bertz CT molecular complexity index is 483. The summed E-state index contributed by atoms with van der Waals surface area (Å²) in [6.45, 7) is -0.106. The van der Waals surface area contributed by atoms with Crippen molar-refractivity contribution < 1.29 is 23.1 Å². The van der Waals surface area contributed by atoms with E-state index in [1.165, 1.54) is 4.90 Å². The van der Waals surface area contributed by atoms with Crippen LogP contribution in [0.25, 0.3) is 0 Å². The van der Waals surface area contributed by atoms with Crippen LogP contribution in [-0.2, 0) is 19.6 Å². The first-order chi connectivity index (χ1) is 8.80. The zero-order valence-electron chi connectivity index (χ0n) is 10.5. The van der Waals surface area contributed by atoms with Crippen molar-refractivity contribution in [3.63, 3.8) is 0 Å². The SMILES string of the molecule is NS(=O)(=O)C1CC(=O)N(C(C(=O)O)C2CCCC2)C1. The molecule has 108 valence electrons. The Labute approximate surface area is 111 Å². The van der Waals surface area contributed by atoms with Gasteiger partial charge in [0.1, 0.15) is 11.3 Å². The van der Waals surface area contributed by atoms with E-state index in [-0.39, 0.29) is 18.9 Å². The van der Waals surface area contributed by atoms with Crippen molar-refractivity contribution in [3.05, 3.63) is 0 Å². The van der Waals surface area contributed by atoms with Crippen LogP contribution >= 0.6 is 0 Å². The number of amides is 1. The smallest absolute Gasteiger partial charge is 0.326 e. The summed E-state index contributed by atoms with van der Waals surface area (Å²) in [5.74, 6) is -1.57. The molecule has 1 saturated heterocycles. The lowest BCUT2D eigenvalue weighted by Gasteiger charge is -2.29. The van der Waals surface area contributed by atoms with Gasteiger partial charge in [0.2, 0.25) is 15.9 Å². The summed E-state index contributed by atoms with van der Waals surface area (Å²) >= 11 is 0. The number of primary sulfonamides is 1. The maximum absolute atomic E-state index is 11.9. The zero-order chi connectivity index (χ0) is 14.2. The van der Waals surface area contributed by atoms with Crippen LogP contribution in [0.15, 0.2) is 0 Å². The van der Waals surface area contributed by atoms with Gasteiger partial charge in [0, 0.05) is 13.0 Å². The molecule has 0 radical (unpaired) electrons. The lowest BCUT2D eigenvalue weighted by atomic mass is 9.97. The van der Waals surface area contributed by atoms with E-state index in [0.717, 1.165) is 25.7 Å². The number of hydrogen-bond donors (Lipinski definition) is 2. The number of carboxylic acids is 1. The monoisotopic (exact) mass is 290 g/mol. The minimum Gasteiger partial charge on any atom is -0.480 e. The van der Waals surface area contributed by atoms with Gasteiger partial charge in [-0.2, -0.15) is 0 Å². The second-order valence-corrected chi connectivity index (χ2v) is 7.13. The molecule has 0 aromatic rings. The number of carboxylic acid groups (broad SMARTS) is 1. The molecule has 1 heterocycles. The molecule has 2 fully saturated rings. The number of rotatable bonds is 4. The first kappa shape index (κ1) is 14.3. The van der Waals surface area contributed by atoms with E-state index in [1.807, 2.05) is 0 Å². The highest BCUT2D eigenvalue weighted by molar-refractivity contribution is 7.89. The van der Waals surface area contributed by atoms with Gasteiger partial charge >= 0.3 is 5.97 Å². The number of carbonyl (C=O) groups is 2. The fraction of sp³-hybridized carbons (Fsp3) is 0.818. The molecule has 1 saturated carbocycles. The van der Waals surface area contributed by atoms with Crippen LogP contribution in [0.4, 0.5) is 0 Å². The van der Waals surface area contributed by atoms with E-state index in [0.29, 0.717) is 0 Å². The van der Waals surface area contributed by atoms with Gasteiger partial charge in [0.05, 0.1) is 0 Å². The maximum atomic E-state index is 11.9. The highest BCUT2D eigenvalue weighted by Gasteiger charge is 2.45. The van der Waals surface area contributed by atoms with Gasteiger partial charge in [-0.3, -0.25) is 4.79 Å². The second-order valence-electron chi connectivity index (χ2n) is 5.29. The quantitative estimate of drug-likeness (QED) is 0.725. The number of likely N-dealkylation sites (tertiary alicyclic amines) is 1. The fourth-order valence-corrected chi connectivity index (χ4v) is 3.79. The third kappa shape index (κ3) is 2.89. The predicted molar refractivity (Wildman–Crippen MR) is 66.6 cm³/mol. The number of aliphatic carboxylic acids is 1. The second kappa shape index (κ2) is 5.09. The normalized spacial score (nSPS) is 26.9. The Morgan fingerprint density at radius 1 is 1.37 bits per heavy atom. The maximum Gasteiger partial charge on any atom is 0.326 e. The molecular weight excluding hydrogens is 272 g/mol. The molecular formula is C11H18N2O5S. The average Bonchev–Trinajstić information content (AvgIpc) is 2.88. The van der Waals surface area contributed by atoms with Crippen LogP contribution in [0.3, 0.4) is 0 Å². The third-order valence-corrected chi connectivity index (χ3v) is 5.27. The van der Waals surface area contributed by atoms with Gasteiger partial charge < -0.3 is 10.0 Å². The summed E-state index contributed by atoms with van der Waals surface area (Å²) in [5.41, 5.74) is 0. The number of nitrogens with two attached hydrogens (primary N) is 1. The van der Waals surface area contributed by atoms with Gasteiger partial charge in [-0.1, -0.05) is 12.8 Å². The largest absolute Gasteiger partial charge is 0.480 e. The molecule has 1 aliphatic carbocycles. The van der Waals surface area contributed by atoms with Gasteiger partial charge in [0.25, 0.3) is 0 Å². The summed E-state index contributed by atoms with van der Waals surface area (Å²) in [4.78, 5) is 24.5. The molecule has 0 bridgehead atoms. The van der Waals surface area contributed by atoms with E-state index < -0.39 is 33.2 Å². The Hall–Kier alpha value is -1.15. The summed E-state index contributed by atoms with van der Waals surface area (Å²) < 4.78 is 22.6. The highest BCUT2D eigenvalue weighted by Crippen LogP contribution is 2.33. The molecule has 2 unspecified atom stereocenters. The topological polar surface area (TPSA) is 118 Å². The van der Waals surface area contributed by atoms with Crippen LogP contribution in [0.5, 0.6) is 0 Å². The zero-order valence-corrected chi connectivity index (χ0v) is 11.3. The van der Waals surface area contributed by atoms with E-state index in [4.69, 9.17) is 5.14 Å². The van der Waals surface area contributed by atoms with Crippen molar-refractivity contribution >= 4 is 21.9 Å². The summed E-state index contributed by atoms with van der Waals surface area (Å²) in [6, 6.07) is -0.915. The van der Waals surface area contributed by atoms with Crippen LogP contribution in [0.2, 0.25) is 0 Å². The molecule has 3 N–H and O–H groups in total. The summed E-state index contributed by atoms with van der Waals surface area (Å²) in [6.07, 6.45) is 3.22. The van der Waals surface area contributed by atoms with Crippen molar-refractivity contribution in [3.8, 4) is 0 Å². The van der Waals surface area contributed by atoms with Crippen LogP contribution in [0.1, 0.15) is 32.1 Å².